The first-order valence-corrected chi connectivity index (χ1v) is 9.03. The molecule has 7 heteroatoms. The average Bonchev–Trinajstić information content (AvgIpc) is 2.95. The van der Waals surface area contributed by atoms with Crippen LogP contribution in [-0.2, 0) is 29.7 Å². The maximum Gasteiger partial charge on any atom is 0.306 e. The molecule has 1 aromatic carbocycles. The van der Waals surface area contributed by atoms with Crippen LogP contribution in [0.3, 0.4) is 0 Å². The quantitative estimate of drug-likeness (QED) is 0.589. The molecule has 1 saturated heterocycles. The van der Waals surface area contributed by atoms with Gasteiger partial charge in [-0.1, -0.05) is 12.1 Å². The molecule has 1 unspecified atom stereocenters. The fraction of sp³-hybridized carbons (Fsp3) is 0.500. The molecule has 21 heavy (non-hydrogen) atoms. The van der Waals surface area contributed by atoms with E-state index in [4.69, 9.17) is 20.2 Å². The lowest BCUT2D eigenvalue weighted by atomic mass is 10.1. The van der Waals surface area contributed by atoms with Gasteiger partial charge in [-0.2, -0.15) is 0 Å². The number of benzene rings is 1. The number of carbonyl (C=O) groups excluding carboxylic acids is 1. The van der Waals surface area contributed by atoms with E-state index in [1.807, 2.05) is 0 Å². The van der Waals surface area contributed by atoms with Crippen molar-refractivity contribution in [1.29, 1.82) is 0 Å². The molecule has 1 fully saturated rings. The lowest BCUT2D eigenvalue weighted by molar-refractivity contribution is -0.144. The van der Waals surface area contributed by atoms with Crippen LogP contribution >= 0.6 is 10.7 Å². The molecular formula is C14H17ClO5S. The van der Waals surface area contributed by atoms with Gasteiger partial charge >= 0.3 is 5.97 Å². The van der Waals surface area contributed by atoms with Crippen LogP contribution in [0.2, 0.25) is 0 Å². The van der Waals surface area contributed by atoms with Crippen LogP contribution in [0, 0.1) is 5.92 Å². The Morgan fingerprint density at radius 3 is 2.62 bits per heavy atom. The Morgan fingerprint density at radius 2 is 2.05 bits per heavy atom. The first kappa shape index (κ1) is 16.3. The van der Waals surface area contributed by atoms with Gasteiger partial charge < -0.3 is 9.47 Å². The molecule has 1 heterocycles. The number of rotatable bonds is 6. The van der Waals surface area contributed by atoms with Crippen LogP contribution in [0.4, 0.5) is 0 Å². The van der Waals surface area contributed by atoms with Crippen LogP contribution < -0.4 is 0 Å². The summed E-state index contributed by atoms with van der Waals surface area (Å²) in [7, 11) is 1.53. The Balaban J connectivity index is 1.75. The van der Waals surface area contributed by atoms with E-state index in [9.17, 15) is 13.2 Å². The zero-order valence-electron chi connectivity index (χ0n) is 11.5. The first-order chi connectivity index (χ1) is 9.95. The number of ether oxygens (including phenoxy) is 2. The van der Waals surface area contributed by atoms with Gasteiger partial charge in [-0.3, -0.25) is 4.79 Å². The van der Waals surface area contributed by atoms with Crippen LogP contribution in [0.15, 0.2) is 29.2 Å². The zero-order valence-corrected chi connectivity index (χ0v) is 13.0. The molecule has 2 rings (SSSR count). The monoisotopic (exact) mass is 332 g/mol. The van der Waals surface area contributed by atoms with E-state index in [-0.39, 0.29) is 17.3 Å². The van der Waals surface area contributed by atoms with E-state index in [0.29, 0.717) is 25.6 Å². The largest absolute Gasteiger partial charge is 0.465 e. The summed E-state index contributed by atoms with van der Waals surface area (Å²) in [6.07, 6.45) is 1.70. The van der Waals surface area contributed by atoms with Gasteiger partial charge in [0.1, 0.15) is 0 Å². The van der Waals surface area contributed by atoms with E-state index < -0.39 is 9.05 Å². The van der Waals surface area contributed by atoms with Crippen molar-refractivity contribution < 1.29 is 22.7 Å². The molecule has 0 radical (unpaired) electrons. The number of aryl methyl sites for hydroxylation is 1. The van der Waals surface area contributed by atoms with Crippen molar-refractivity contribution in [1.82, 2.24) is 0 Å². The second kappa shape index (κ2) is 7.24. The molecule has 0 aromatic heterocycles. The Morgan fingerprint density at radius 1 is 1.33 bits per heavy atom. The normalized spacial score (nSPS) is 18.6. The van der Waals surface area contributed by atoms with Crippen molar-refractivity contribution >= 4 is 25.7 Å². The predicted octanol–water partition coefficient (Wildman–Crippen LogP) is 2.13. The fourth-order valence-electron chi connectivity index (χ4n) is 2.06. The molecule has 1 aliphatic rings. The second-order valence-corrected chi connectivity index (χ2v) is 7.56. The molecule has 0 bridgehead atoms. The van der Waals surface area contributed by atoms with Crippen molar-refractivity contribution in [3.05, 3.63) is 29.8 Å². The standard InChI is InChI=1S/C14H17ClO5S/c15-21(17,18)13-4-1-11(2-5-13)3-6-14(16)20-10-12-7-8-19-9-12/h1-2,4-5,12H,3,6-10H2. The summed E-state index contributed by atoms with van der Waals surface area (Å²) in [6.45, 7) is 1.79. The van der Waals surface area contributed by atoms with Crippen LogP contribution in [-0.4, -0.2) is 34.2 Å². The number of halogens is 1. The molecule has 0 amide bonds. The average molecular weight is 333 g/mol. The van der Waals surface area contributed by atoms with Gasteiger partial charge in [-0.25, -0.2) is 8.42 Å². The van der Waals surface area contributed by atoms with Gasteiger partial charge in [0.05, 0.1) is 18.1 Å². The van der Waals surface area contributed by atoms with E-state index in [1.165, 1.54) is 12.1 Å². The SMILES string of the molecule is O=C(CCc1ccc(S(=O)(=O)Cl)cc1)OCC1CCOC1. The Bertz CT molecular complexity index is 576. The number of carbonyl (C=O) groups is 1. The smallest absolute Gasteiger partial charge is 0.306 e. The van der Waals surface area contributed by atoms with Crippen LogP contribution in [0.5, 0.6) is 0 Å². The van der Waals surface area contributed by atoms with E-state index in [1.54, 1.807) is 12.1 Å². The fourth-order valence-corrected chi connectivity index (χ4v) is 2.83. The van der Waals surface area contributed by atoms with Crippen molar-refractivity contribution in [3.63, 3.8) is 0 Å². The highest BCUT2D eigenvalue weighted by atomic mass is 35.7. The van der Waals surface area contributed by atoms with Gasteiger partial charge in [-0.05, 0) is 30.5 Å². The van der Waals surface area contributed by atoms with Crippen LogP contribution in [0.1, 0.15) is 18.4 Å². The zero-order chi connectivity index (χ0) is 15.3. The molecule has 5 nitrogen and oxygen atoms in total. The minimum absolute atomic E-state index is 0.0525. The highest BCUT2D eigenvalue weighted by Gasteiger charge is 2.17. The molecule has 0 spiro atoms. The second-order valence-electron chi connectivity index (χ2n) is 4.99. The Hall–Kier alpha value is -1.11. The summed E-state index contributed by atoms with van der Waals surface area (Å²) in [4.78, 5) is 11.7. The summed E-state index contributed by atoms with van der Waals surface area (Å²) < 4.78 is 32.6. The highest BCUT2D eigenvalue weighted by Crippen LogP contribution is 2.16. The molecule has 0 aliphatic carbocycles. The summed E-state index contributed by atoms with van der Waals surface area (Å²) in [5.74, 6) is 0.0538. The molecule has 1 aromatic rings. The van der Waals surface area contributed by atoms with Gasteiger partial charge in [0.15, 0.2) is 0 Å². The molecule has 1 atom stereocenters. The summed E-state index contributed by atoms with van der Waals surface area (Å²) in [6, 6.07) is 6.15. The van der Waals surface area contributed by atoms with E-state index >= 15 is 0 Å². The Labute approximate surface area is 128 Å². The topological polar surface area (TPSA) is 69.7 Å². The lowest BCUT2D eigenvalue weighted by Crippen LogP contribution is -2.14. The minimum Gasteiger partial charge on any atom is -0.465 e. The van der Waals surface area contributed by atoms with Gasteiger partial charge in [0.2, 0.25) is 0 Å². The number of hydrogen-bond donors (Lipinski definition) is 0. The first-order valence-electron chi connectivity index (χ1n) is 6.72. The third-order valence-electron chi connectivity index (χ3n) is 3.33. The third kappa shape index (κ3) is 5.30. The molecule has 0 saturated carbocycles. The molecule has 116 valence electrons. The summed E-state index contributed by atoms with van der Waals surface area (Å²) in [5.41, 5.74) is 0.861. The van der Waals surface area contributed by atoms with Crippen molar-refractivity contribution in [3.8, 4) is 0 Å². The summed E-state index contributed by atoms with van der Waals surface area (Å²) >= 11 is 0. The van der Waals surface area contributed by atoms with Gasteiger partial charge in [0.25, 0.3) is 9.05 Å². The predicted molar refractivity (Wildman–Crippen MR) is 77.7 cm³/mol. The third-order valence-corrected chi connectivity index (χ3v) is 4.70. The molecule has 0 N–H and O–H groups in total. The summed E-state index contributed by atoms with van der Waals surface area (Å²) in [5, 5.41) is 0. The number of esters is 1. The maximum absolute atomic E-state index is 11.6. The molecule has 1 aliphatic heterocycles. The lowest BCUT2D eigenvalue weighted by Gasteiger charge is -2.09. The highest BCUT2D eigenvalue weighted by molar-refractivity contribution is 8.13. The van der Waals surface area contributed by atoms with E-state index in [2.05, 4.69) is 0 Å². The van der Waals surface area contributed by atoms with Crippen molar-refractivity contribution in [2.45, 2.75) is 24.2 Å². The molecular weight excluding hydrogens is 316 g/mol. The maximum atomic E-state index is 11.6. The number of hydrogen-bond acceptors (Lipinski definition) is 5. The van der Waals surface area contributed by atoms with Crippen LogP contribution in [0.25, 0.3) is 0 Å². The van der Waals surface area contributed by atoms with Crippen molar-refractivity contribution in [2.75, 3.05) is 19.8 Å². The van der Waals surface area contributed by atoms with Gasteiger partial charge in [0, 0.05) is 29.6 Å². The Kier molecular flexibility index (Phi) is 5.61. The van der Waals surface area contributed by atoms with E-state index in [0.717, 1.165) is 18.6 Å². The van der Waals surface area contributed by atoms with Crippen molar-refractivity contribution in [2.24, 2.45) is 5.92 Å². The minimum atomic E-state index is -3.70. The van der Waals surface area contributed by atoms with Gasteiger partial charge in [-0.15, -0.1) is 0 Å².